The molecule has 1 saturated heterocycles. The van der Waals surface area contributed by atoms with Gasteiger partial charge in [-0.05, 0) is 42.4 Å². The zero-order valence-corrected chi connectivity index (χ0v) is 14.1. The maximum Gasteiger partial charge on any atom is 0.336 e. The van der Waals surface area contributed by atoms with Gasteiger partial charge in [0.1, 0.15) is 11.4 Å². The summed E-state index contributed by atoms with van der Waals surface area (Å²) in [5.41, 5.74) is 2.57. The van der Waals surface area contributed by atoms with Crippen molar-refractivity contribution >= 4 is 16.8 Å². The molecule has 0 bridgehead atoms. The SMILES string of the molecule is CCc1ccc2c(CN3CCC(=O)C[C@@H]3C3CC3)cc(=O)oc2c1. The molecule has 0 spiro atoms. The van der Waals surface area contributed by atoms with Crippen molar-refractivity contribution in [3.05, 3.63) is 45.8 Å². The molecule has 1 atom stereocenters. The van der Waals surface area contributed by atoms with Crippen LogP contribution in [0.25, 0.3) is 11.0 Å². The number of hydrogen-bond donors (Lipinski definition) is 0. The van der Waals surface area contributed by atoms with Crippen molar-refractivity contribution in [3.8, 4) is 0 Å². The number of benzene rings is 1. The van der Waals surface area contributed by atoms with Crippen LogP contribution >= 0.6 is 0 Å². The van der Waals surface area contributed by atoms with E-state index in [4.69, 9.17) is 4.42 Å². The number of rotatable bonds is 4. The molecule has 0 radical (unpaired) electrons. The van der Waals surface area contributed by atoms with E-state index in [2.05, 4.69) is 24.0 Å². The third-order valence-corrected chi connectivity index (χ3v) is 5.43. The van der Waals surface area contributed by atoms with E-state index in [-0.39, 0.29) is 5.63 Å². The highest BCUT2D eigenvalue weighted by Gasteiger charge is 2.38. The zero-order chi connectivity index (χ0) is 16.7. The van der Waals surface area contributed by atoms with Crippen molar-refractivity contribution in [2.24, 2.45) is 5.92 Å². The van der Waals surface area contributed by atoms with Crippen LogP contribution in [0.3, 0.4) is 0 Å². The first-order chi connectivity index (χ1) is 11.6. The monoisotopic (exact) mass is 325 g/mol. The smallest absolute Gasteiger partial charge is 0.336 e. The third kappa shape index (κ3) is 3.03. The lowest BCUT2D eigenvalue weighted by Crippen LogP contribution is -2.43. The topological polar surface area (TPSA) is 50.5 Å². The van der Waals surface area contributed by atoms with Gasteiger partial charge in [0.25, 0.3) is 0 Å². The number of nitrogens with zero attached hydrogens (tertiary/aromatic N) is 1. The van der Waals surface area contributed by atoms with Crippen molar-refractivity contribution in [2.75, 3.05) is 6.54 Å². The molecular formula is C20H23NO3. The molecule has 1 aliphatic heterocycles. The molecule has 4 heteroatoms. The first kappa shape index (κ1) is 15.6. The molecule has 0 N–H and O–H groups in total. The number of fused-ring (bicyclic) bond motifs is 1. The molecule has 2 aliphatic rings. The third-order valence-electron chi connectivity index (χ3n) is 5.43. The number of aryl methyl sites for hydroxylation is 1. The van der Waals surface area contributed by atoms with E-state index in [1.807, 2.05) is 6.07 Å². The van der Waals surface area contributed by atoms with E-state index < -0.39 is 0 Å². The fraction of sp³-hybridized carbons (Fsp3) is 0.500. The highest BCUT2D eigenvalue weighted by Crippen LogP contribution is 2.39. The summed E-state index contributed by atoms with van der Waals surface area (Å²) in [6, 6.07) is 8.10. The first-order valence-electron chi connectivity index (χ1n) is 8.95. The predicted octanol–water partition coefficient (Wildman–Crippen LogP) is 3.30. The molecule has 1 aromatic carbocycles. The van der Waals surface area contributed by atoms with Crippen molar-refractivity contribution in [2.45, 2.75) is 51.6 Å². The highest BCUT2D eigenvalue weighted by molar-refractivity contribution is 5.81. The second-order valence-electron chi connectivity index (χ2n) is 7.14. The summed E-state index contributed by atoms with van der Waals surface area (Å²) in [6.45, 7) is 3.62. The van der Waals surface area contributed by atoms with Crippen LogP contribution in [0.1, 0.15) is 43.7 Å². The number of piperidine rings is 1. The van der Waals surface area contributed by atoms with Gasteiger partial charge in [-0.2, -0.15) is 0 Å². The maximum atomic E-state index is 12.0. The Labute approximate surface area is 141 Å². The van der Waals surface area contributed by atoms with Gasteiger partial charge in [-0.15, -0.1) is 0 Å². The summed E-state index contributed by atoms with van der Waals surface area (Å²) in [5.74, 6) is 1.04. The van der Waals surface area contributed by atoms with Gasteiger partial charge in [0.2, 0.25) is 0 Å². The molecule has 2 fully saturated rings. The number of likely N-dealkylation sites (tertiary alicyclic amines) is 1. The van der Waals surface area contributed by atoms with Crippen LogP contribution in [0, 0.1) is 5.92 Å². The number of carbonyl (C=O) groups is 1. The number of hydrogen-bond acceptors (Lipinski definition) is 4. The quantitative estimate of drug-likeness (QED) is 0.809. The summed E-state index contributed by atoms with van der Waals surface area (Å²) in [5, 5.41) is 1.01. The van der Waals surface area contributed by atoms with E-state index >= 15 is 0 Å². The lowest BCUT2D eigenvalue weighted by molar-refractivity contribution is -0.123. The van der Waals surface area contributed by atoms with E-state index in [1.54, 1.807) is 6.07 Å². The summed E-state index contributed by atoms with van der Waals surface area (Å²) >= 11 is 0. The molecule has 1 saturated carbocycles. The molecule has 1 aliphatic carbocycles. The Morgan fingerprint density at radius 1 is 1.21 bits per heavy atom. The van der Waals surface area contributed by atoms with Crippen LogP contribution in [0.4, 0.5) is 0 Å². The normalized spacial score (nSPS) is 22.2. The largest absolute Gasteiger partial charge is 0.423 e. The molecule has 1 aromatic heterocycles. The molecule has 2 aromatic rings. The van der Waals surface area contributed by atoms with E-state index in [1.165, 1.54) is 18.4 Å². The second kappa shape index (κ2) is 6.17. The number of ketones is 1. The summed E-state index contributed by atoms with van der Waals surface area (Å²) < 4.78 is 5.41. The van der Waals surface area contributed by atoms with Crippen molar-refractivity contribution < 1.29 is 9.21 Å². The summed E-state index contributed by atoms with van der Waals surface area (Å²) in [4.78, 5) is 26.2. The van der Waals surface area contributed by atoms with Crippen molar-refractivity contribution in [3.63, 3.8) is 0 Å². The summed E-state index contributed by atoms with van der Waals surface area (Å²) in [6.07, 6.45) is 4.67. The zero-order valence-electron chi connectivity index (χ0n) is 14.1. The second-order valence-corrected chi connectivity index (χ2v) is 7.14. The Kier molecular flexibility index (Phi) is 4.01. The van der Waals surface area contributed by atoms with E-state index in [9.17, 15) is 9.59 Å². The summed E-state index contributed by atoms with van der Waals surface area (Å²) in [7, 11) is 0. The van der Waals surface area contributed by atoms with Crippen molar-refractivity contribution in [1.82, 2.24) is 4.90 Å². The van der Waals surface area contributed by atoms with Crippen LogP contribution in [-0.4, -0.2) is 23.3 Å². The van der Waals surface area contributed by atoms with Gasteiger partial charge in [-0.25, -0.2) is 4.79 Å². The highest BCUT2D eigenvalue weighted by atomic mass is 16.4. The van der Waals surface area contributed by atoms with E-state index in [0.717, 1.165) is 30.5 Å². The molecular weight excluding hydrogens is 302 g/mol. The van der Waals surface area contributed by atoms with Gasteiger partial charge in [0.05, 0.1) is 0 Å². The van der Waals surface area contributed by atoms with Gasteiger partial charge >= 0.3 is 5.63 Å². The number of Topliss-reactive ketones (excluding diaryl/α,β-unsaturated/α-hetero) is 1. The van der Waals surface area contributed by atoms with Gasteiger partial charge < -0.3 is 4.42 Å². The Balaban J connectivity index is 1.68. The van der Waals surface area contributed by atoms with Gasteiger partial charge in [0.15, 0.2) is 0 Å². The minimum atomic E-state index is -0.290. The van der Waals surface area contributed by atoms with Crippen LogP contribution < -0.4 is 5.63 Å². The van der Waals surface area contributed by atoms with E-state index in [0.29, 0.717) is 36.2 Å². The molecule has 0 unspecified atom stereocenters. The van der Waals surface area contributed by atoms with Gasteiger partial charge in [-0.3, -0.25) is 9.69 Å². The number of carbonyl (C=O) groups excluding carboxylic acids is 1. The fourth-order valence-electron chi connectivity index (χ4n) is 3.88. The Bertz CT molecular complexity index is 834. The standard InChI is InChI=1S/C20H23NO3/c1-2-13-3-6-17-15(10-20(23)24-19(17)9-13)12-21-8-7-16(22)11-18(21)14-4-5-14/h3,6,9-10,14,18H,2,4-5,7-8,11-12H2,1H3/t18-/m1/s1. The lowest BCUT2D eigenvalue weighted by atomic mass is 9.96. The molecule has 2 heterocycles. The minimum Gasteiger partial charge on any atom is -0.423 e. The Hall–Kier alpha value is -1.94. The molecule has 4 nitrogen and oxygen atoms in total. The van der Waals surface area contributed by atoms with Crippen LogP contribution in [0.15, 0.2) is 33.5 Å². The maximum absolute atomic E-state index is 12.0. The first-order valence-corrected chi connectivity index (χ1v) is 8.95. The van der Waals surface area contributed by atoms with Crippen molar-refractivity contribution in [1.29, 1.82) is 0 Å². The van der Waals surface area contributed by atoms with Crippen LogP contribution in [0.5, 0.6) is 0 Å². The van der Waals surface area contributed by atoms with Gasteiger partial charge in [0, 0.05) is 43.4 Å². The van der Waals surface area contributed by atoms with Gasteiger partial charge in [-0.1, -0.05) is 19.1 Å². The average molecular weight is 325 g/mol. The molecule has 126 valence electrons. The minimum absolute atomic E-state index is 0.290. The Morgan fingerprint density at radius 2 is 2.04 bits per heavy atom. The Morgan fingerprint density at radius 3 is 2.79 bits per heavy atom. The molecule has 0 amide bonds. The molecule has 24 heavy (non-hydrogen) atoms. The fourth-order valence-corrected chi connectivity index (χ4v) is 3.88. The lowest BCUT2D eigenvalue weighted by Gasteiger charge is -2.35. The van der Waals surface area contributed by atoms with Crippen LogP contribution in [-0.2, 0) is 17.8 Å². The molecule has 4 rings (SSSR count). The average Bonchev–Trinajstić information content (AvgIpc) is 3.40. The van der Waals surface area contributed by atoms with Crippen LogP contribution in [0.2, 0.25) is 0 Å². The predicted molar refractivity (Wildman–Crippen MR) is 93.0 cm³/mol.